The van der Waals surface area contributed by atoms with Gasteiger partial charge in [0.25, 0.3) is 0 Å². The van der Waals surface area contributed by atoms with E-state index in [-0.39, 0.29) is 12.1 Å². The number of carbonyl (C=O) groups is 1. The molecule has 1 aliphatic heterocycles. The Morgan fingerprint density at radius 3 is 2.36 bits per heavy atom. The van der Waals surface area contributed by atoms with Crippen LogP contribution in [0.25, 0.3) is 0 Å². The number of amides is 2. The maximum Gasteiger partial charge on any atom is 0.322 e. The van der Waals surface area contributed by atoms with Gasteiger partial charge in [0, 0.05) is 12.8 Å². The quantitative estimate of drug-likeness (QED) is 0.863. The molecule has 0 saturated carbocycles. The van der Waals surface area contributed by atoms with E-state index in [1.165, 1.54) is 0 Å². The summed E-state index contributed by atoms with van der Waals surface area (Å²) in [7, 11) is 1.63. The second-order valence-electron chi connectivity index (χ2n) is 5.86. The molecule has 1 N–H and O–H groups in total. The third-order valence-electron chi connectivity index (χ3n) is 4.09. The van der Waals surface area contributed by atoms with E-state index in [0.717, 1.165) is 22.8 Å². The Hall–Kier alpha value is -2.79. The first-order chi connectivity index (χ1) is 12.2. The van der Waals surface area contributed by atoms with Gasteiger partial charge in [0.1, 0.15) is 11.5 Å². The number of nitrogens with one attached hydrogen (secondary N) is 1. The highest BCUT2D eigenvalue weighted by Gasteiger charge is 2.24. The predicted molar refractivity (Wildman–Crippen MR) is 96.6 cm³/mol. The number of rotatable bonds is 6. The largest absolute Gasteiger partial charge is 0.457 e. The molecule has 0 bridgehead atoms. The first-order valence-corrected chi connectivity index (χ1v) is 8.25. The van der Waals surface area contributed by atoms with E-state index in [0.29, 0.717) is 13.2 Å². The van der Waals surface area contributed by atoms with E-state index in [1.54, 1.807) is 12.0 Å². The van der Waals surface area contributed by atoms with Crippen LogP contribution in [0.2, 0.25) is 0 Å². The van der Waals surface area contributed by atoms with Crippen molar-refractivity contribution in [1.29, 1.82) is 0 Å². The zero-order valence-electron chi connectivity index (χ0n) is 14.4. The minimum Gasteiger partial charge on any atom is -0.457 e. The molecule has 0 spiro atoms. The van der Waals surface area contributed by atoms with Crippen LogP contribution in [0.4, 0.5) is 4.79 Å². The molecule has 1 aliphatic rings. The number of hydrogen-bond donors (Lipinski definition) is 1. The summed E-state index contributed by atoms with van der Waals surface area (Å²) in [5, 5.41) is 3.01. The van der Waals surface area contributed by atoms with E-state index in [1.807, 2.05) is 67.6 Å². The minimum absolute atomic E-state index is 0.105. The summed E-state index contributed by atoms with van der Waals surface area (Å²) in [6.07, 6.45) is 2.05. The van der Waals surface area contributed by atoms with E-state index >= 15 is 0 Å². The molecule has 25 heavy (non-hydrogen) atoms. The Labute approximate surface area is 147 Å². The summed E-state index contributed by atoms with van der Waals surface area (Å²) in [6.45, 7) is 2.99. The highest BCUT2D eigenvalue weighted by Crippen LogP contribution is 2.26. The molecule has 3 rings (SSSR count). The molecule has 0 saturated heterocycles. The maximum atomic E-state index is 12.3. The average Bonchev–Trinajstić information content (AvgIpc) is 2.62. The molecule has 5 nitrogen and oxygen atoms in total. The van der Waals surface area contributed by atoms with Gasteiger partial charge < -0.3 is 14.8 Å². The van der Waals surface area contributed by atoms with Gasteiger partial charge in [-0.3, -0.25) is 4.90 Å². The summed E-state index contributed by atoms with van der Waals surface area (Å²) >= 11 is 0. The van der Waals surface area contributed by atoms with Crippen LogP contribution in [0, 0.1) is 0 Å². The molecule has 130 valence electrons. The lowest BCUT2D eigenvalue weighted by Gasteiger charge is -2.31. The molecule has 1 unspecified atom stereocenters. The standard InChI is InChI=1S/C20H22N2O3/c1-15-14-19(21-20(23)22(15)12-13-24-2)16-8-10-18(11-9-16)25-17-6-4-3-5-7-17/h3-11,14,19H,12-13H2,1-2H3,(H,21,23). The molecule has 5 heteroatoms. The summed E-state index contributed by atoms with van der Waals surface area (Å²) in [6, 6.07) is 17.2. The van der Waals surface area contributed by atoms with Crippen molar-refractivity contribution in [3.8, 4) is 11.5 Å². The van der Waals surface area contributed by atoms with Crippen LogP contribution in [0.1, 0.15) is 18.5 Å². The number of nitrogens with zero attached hydrogens (tertiary/aromatic N) is 1. The lowest BCUT2D eigenvalue weighted by atomic mass is 10.0. The monoisotopic (exact) mass is 338 g/mol. The van der Waals surface area contributed by atoms with Crippen LogP contribution < -0.4 is 10.1 Å². The Morgan fingerprint density at radius 1 is 1.04 bits per heavy atom. The van der Waals surface area contributed by atoms with Gasteiger partial charge in [0.05, 0.1) is 19.2 Å². The molecular weight excluding hydrogens is 316 g/mol. The van der Waals surface area contributed by atoms with Crippen LogP contribution >= 0.6 is 0 Å². The maximum absolute atomic E-state index is 12.3. The minimum atomic E-state index is -0.142. The van der Waals surface area contributed by atoms with Crippen molar-refractivity contribution in [2.75, 3.05) is 20.3 Å². The number of urea groups is 1. The van der Waals surface area contributed by atoms with E-state index < -0.39 is 0 Å². The van der Waals surface area contributed by atoms with Gasteiger partial charge in [0.2, 0.25) is 0 Å². The van der Waals surface area contributed by atoms with Crippen LogP contribution in [0.15, 0.2) is 66.4 Å². The van der Waals surface area contributed by atoms with Crippen molar-refractivity contribution >= 4 is 6.03 Å². The molecule has 2 aromatic rings. The van der Waals surface area contributed by atoms with E-state index in [2.05, 4.69) is 5.32 Å². The molecular formula is C20H22N2O3. The average molecular weight is 338 g/mol. The van der Waals surface area contributed by atoms with E-state index in [9.17, 15) is 4.79 Å². The fraction of sp³-hybridized carbons (Fsp3) is 0.250. The Balaban J connectivity index is 1.70. The molecule has 0 aromatic heterocycles. The number of para-hydroxylation sites is 1. The number of carbonyl (C=O) groups excluding carboxylic acids is 1. The number of methoxy groups -OCH3 is 1. The summed E-state index contributed by atoms with van der Waals surface area (Å²) in [5.74, 6) is 1.56. The Bertz CT molecular complexity index is 741. The fourth-order valence-corrected chi connectivity index (χ4v) is 2.75. The van der Waals surface area contributed by atoms with Crippen LogP contribution in [-0.4, -0.2) is 31.2 Å². The zero-order valence-corrected chi connectivity index (χ0v) is 14.4. The van der Waals surface area contributed by atoms with Crippen molar-refractivity contribution in [3.05, 3.63) is 71.9 Å². The van der Waals surface area contributed by atoms with Gasteiger partial charge >= 0.3 is 6.03 Å². The van der Waals surface area contributed by atoms with Crippen molar-refractivity contribution < 1.29 is 14.3 Å². The fourth-order valence-electron chi connectivity index (χ4n) is 2.75. The van der Waals surface area contributed by atoms with Crippen LogP contribution in [0.3, 0.4) is 0 Å². The molecule has 1 heterocycles. The molecule has 2 aromatic carbocycles. The van der Waals surface area contributed by atoms with Crippen LogP contribution in [0.5, 0.6) is 11.5 Å². The smallest absolute Gasteiger partial charge is 0.322 e. The van der Waals surface area contributed by atoms with Gasteiger partial charge in [-0.2, -0.15) is 0 Å². The predicted octanol–water partition coefficient (Wildman–Crippen LogP) is 4.10. The molecule has 1 atom stereocenters. The second kappa shape index (κ2) is 7.85. The molecule has 0 aliphatic carbocycles. The van der Waals surface area contributed by atoms with Gasteiger partial charge in [-0.15, -0.1) is 0 Å². The van der Waals surface area contributed by atoms with Gasteiger partial charge in [-0.1, -0.05) is 30.3 Å². The number of benzene rings is 2. The summed E-state index contributed by atoms with van der Waals surface area (Å²) in [5.41, 5.74) is 1.94. The zero-order chi connectivity index (χ0) is 17.6. The first-order valence-electron chi connectivity index (χ1n) is 8.25. The van der Waals surface area contributed by atoms with Gasteiger partial charge in [-0.25, -0.2) is 4.79 Å². The third kappa shape index (κ3) is 4.19. The topological polar surface area (TPSA) is 50.8 Å². The SMILES string of the molecule is COCCN1C(=O)NC(c2ccc(Oc3ccccc3)cc2)C=C1C. The highest BCUT2D eigenvalue weighted by atomic mass is 16.5. The van der Waals surface area contributed by atoms with Gasteiger partial charge in [-0.05, 0) is 42.8 Å². The van der Waals surface area contributed by atoms with Crippen molar-refractivity contribution in [3.63, 3.8) is 0 Å². The number of ether oxygens (including phenoxy) is 2. The first kappa shape index (κ1) is 17.0. The lowest BCUT2D eigenvalue weighted by molar-refractivity contribution is 0.158. The lowest BCUT2D eigenvalue weighted by Crippen LogP contribution is -2.45. The number of allylic oxidation sites excluding steroid dienone is 1. The van der Waals surface area contributed by atoms with E-state index in [4.69, 9.17) is 9.47 Å². The second-order valence-corrected chi connectivity index (χ2v) is 5.86. The third-order valence-corrected chi connectivity index (χ3v) is 4.09. The normalized spacial score (nSPS) is 17.0. The Morgan fingerprint density at radius 2 is 1.72 bits per heavy atom. The van der Waals surface area contributed by atoms with Gasteiger partial charge in [0.15, 0.2) is 0 Å². The van der Waals surface area contributed by atoms with Crippen molar-refractivity contribution in [1.82, 2.24) is 10.2 Å². The molecule has 0 fully saturated rings. The summed E-state index contributed by atoms with van der Waals surface area (Å²) in [4.78, 5) is 14.0. The van der Waals surface area contributed by atoms with Crippen molar-refractivity contribution in [2.24, 2.45) is 0 Å². The molecule has 0 radical (unpaired) electrons. The van der Waals surface area contributed by atoms with Crippen LogP contribution in [-0.2, 0) is 4.74 Å². The van der Waals surface area contributed by atoms with Crippen molar-refractivity contribution in [2.45, 2.75) is 13.0 Å². The Kier molecular flexibility index (Phi) is 5.36. The molecule has 2 amide bonds. The number of hydrogen-bond acceptors (Lipinski definition) is 3. The summed E-state index contributed by atoms with van der Waals surface area (Å²) < 4.78 is 10.9. The highest BCUT2D eigenvalue weighted by molar-refractivity contribution is 5.78.